The maximum atomic E-state index is 11.9. The lowest BCUT2D eigenvalue weighted by Gasteiger charge is -2.12. The molecular weight excluding hydrogens is 302 g/mol. The van der Waals surface area contributed by atoms with Crippen molar-refractivity contribution in [3.8, 4) is 11.5 Å². The lowest BCUT2D eigenvalue weighted by atomic mass is 10.2. The Bertz CT molecular complexity index is 706. The summed E-state index contributed by atoms with van der Waals surface area (Å²) in [4.78, 5) is 24.0. The van der Waals surface area contributed by atoms with Crippen molar-refractivity contribution in [3.63, 3.8) is 0 Å². The number of para-hydroxylation sites is 2. The molecule has 0 bridgehead atoms. The number of rotatable bonds is 5. The largest absolute Gasteiger partial charge is 0.465 e. The normalized spacial score (nSPS) is 13.5. The Labute approximate surface area is 131 Å². The molecule has 0 radical (unpaired) electrons. The summed E-state index contributed by atoms with van der Waals surface area (Å²) in [6.07, 6.45) is 1.87. The van der Waals surface area contributed by atoms with Crippen LogP contribution in [-0.2, 0) is 9.53 Å². The minimum Gasteiger partial charge on any atom is -0.465 e. The van der Waals surface area contributed by atoms with Crippen LogP contribution in [0.1, 0.15) is 22.5 Å². The maximum Gasteiger partial charge on any atom is 0.351 e. The third-order valence-electron chi connectivity index (χ3n) is 3.31. The number of ether oxygens (including phenoxy) is 2. The van der Waals surface area contributed by atoms with Gasteiger partial charge in [0.25, 0.3) is 0 Å². The molecule has 1 aliphatic carbocycles. The molecule has 2 aromatic rings. The van der Waals surface area contributed by atoms with Crippen LogP contribution in [0.25, 0.3) is 0 Å². The number of methoxy groups -OCH3 is 1. The number of anilines is 1. The van der Waals surface area contributed by atoms with Crippen molar-refractivity contribution in [2.45, 2.75) is 12.8 Å². The van der Waals surface area contributed by atoms with Gasteiger partial charge in [0.1, 0.15) is 0 Å². The maximum absolute atomic E-state index is 11.9. The molecule has 0 saturated heterocycles. The van der Waals surface area contributed by atoms with Gasteiger partial charge in [0.15, 0.2) is 16.4 Å². The van der Waals surface area contributed by atoms with E-state index in [0.717, 1.165) is 12.8 Å². The molecule has 22 heavy (non-hydrogen) atoms. The van der Waals surface area contributed by atoms with E-state index in [2.05, 4.69) is 5.32 Å². The first-order valence-corrected chi connectivity index (χ1v) is 7.80. The van der Waals surface area contributed by atoms with Gasteiger partial charge in [-0.05, 0) is 36.4 Å². The minimum atomic E-state index is -0.440. The molecule has 1 aromatic heterocycles. The van der Waals surface area contributed by atoms with Crippen LogP contribution in [-0.4, -0.2) is 19.0 Å². The van der Waals surface area contributed by atoms with Gasteiger partial charge in [-0.25, -0.2) is 4.79 Å². The molecule has 1 amide bonds. The second-order valence-corrected chi connectivity index (χ2v) is 5.88. The van der Waals surface area contributed by atoms with Crippen LogP contribution in [0.3, 0.4) is 0 Å². The molecule has 1 heterocycles. The third kappa shape index (κ3) is 3.12. The standard InChI is InChI=1S/C16H15NO4S/c1-20-16(19)14-13(8-9-22-14)21-12-5-3-2-4-11(12)17-15(18)10-6-7-10/h2-5,8-10H,6-7H2,1H3,(H,17,18). The smallest absolute Gasteiger partial charge is 0.351 e. The predicted molar refractivity (Wildman–Crippen MR) is 83.5 cm³/mol. The Kier molecular flexibility index (Phi) is 4.11. The Morgan fingerprint density at radius 3 is 2.68 bits per heavy atom. The molecule has 1 N–H and O–H groups in total. The van der Waals surface area contributed by atoms with Gasteiger partial charge in [-0.2, -0.15) is 0 Å². The highest BCUT2D eigenvalue weighted by atomic mass is 32.1. The van der Waals surface area contributed by atoms with Gasteiger partial charge in [-0.15, -0.1) is 11.3 Å². The van der Waals surface area contributed by atoms with E-state index >= 15 is 0 Å². The number of hydrogen-bond donors (Lipinski definition) is 1. The summed E-state index contributed by atoms with van der Waals surface area (Å²) in [5.74, 6) is 0.601. The highest BCUT2D eigenvalue weighted by Crippen LogP contribution is 2.36. The first kappa shape index (κ1) is 14.6. The van der Waals surface area contributed by atoms with E-state index in [-0.39, 0.29) is 11.8 Å². The fraction of sp³-hybridized carbons (Fsp3) is 0.250. The van der Waals surface area contributed by atoms with Crippen molar-refractivity contribution in [1.82, 2.24) is 0 Å². The zero-order valence-electron chi connectivity index (χ0n) is 12.0. The summed E-state index contributed by atoms with van der Waals surface area (Å²) in [5.41, 5.74) is 0.599. The monoisotopic (exact) mass is 317 g/mol. The highest BCUT2D eigenvalue weighted by molar-refractivity contribution is 7.12. The molecule has 6 heteroatoms. The molecule has 5 nitrogen and oxygen atoms in total. The molecule has 1 fully saturated rings. The number of thiophene rings is 1. The van der Waals surface area contributed by atoms with Gasteiger partial charge in [0.05, 0.1) is 12.8 Å². The molecule has 0 spiro atoms. The lowest BCUT2D eigenvalue weighted by molar-refractivity contribution is -0.117. The van der Waals surface area contributed by atoms with E-state index in [4.69, 9.17) is 9.47 Å². The number of amides is 1. The van der Waals surface area contributed by atoms with Gasteiger partial charge in [-0.1, -0.05) is 12.1 Å². The molecule has 3 rings (SSSR count). The van der Waals surface area contributed by atoms with Crippen LogP contribution in [0, 0.1) is 5.92 Å². The van der Waals surface area contributed by atoms with Crippen molar-refractivity contribution < 1.29 is 19.1 Å². The molecular formula is C16H15NO4S. The average molecular weight is 317 g/mol. The van der Waals surface area contributed by atoms with Gasteiger partial charge < -0.3 is 14.8 Å². The van der Waals surface area contributed by atoms with E-state index < -0.39 is 5.97 Å². The molecule has 0 aliphatic heterocycles. The average Bonchev–Trinajstić information content (AvgIpc) is 3.29. The van der Waals surface area contributed by atoms with Crippen LogP contribution < -0.4 is 10.1 Å². The van der Waals surface area contributed by atoms with Crippen LogP contribution >= 0.6 is 11.3 Å². The number of hydrogen-bond acceptors (Lipinski definition) is 5. The van der Waals surface area contributed by atoms with Crippen molar-refractivity contribution >= 4 is 28.9 Å². The van der Waals surface area contributed by atoms with Crippen molar-refractivity contribution in [2.75, 3.05) is 12.4 Å². The van der Waals surface area contributed by atoms with E-state index in [1.165, 1.54) is 18.4 Å². The Morgan fingerprint density at radius 1 is 1.18 bits per heavy atom. The highest BCUT2D eigenvalue weighted by Gasteiger charge is 2.30. The minimum absolute atomic E-state index is 0.00885. The molecule has 1 saturated carbocycles. The quantitative estimate of drug-likeness (QED) is 0.855. The number of carbonyl (C=O) groups is 2. The number of carbonyl (C=O) groups excluding carboxylic acids is 2. The van der Waals surface area contributed by atoms with E-state index in [9.17, 15) is 9.59 Å². The zero-order chi connectivity index (χ0) is 15.5. The molecule has 1 aliphatic rings. The molecule has 0 unspecified atom stereocenters. The second kappa shape index (κ2) is 6.19. The summed E-state index contributed by atoms with van der Waals surface area (Å²) < 4.78 is 10.5. The Hall–Kier alpha value is -2.34. The van der Waals surface area contributed by atoms with E-state index in [1.54, 1.807) is 23.6 Å². The Morgan fingerprint density at radius 2 is 1.95 bits per heavy atom. The van der Waals surface area contributed by atoms with Gasteiger partial charge in [0.2, 0.25) is 5.91 Å². The summed E-state index contributed by atoms with van der Waals surface area (Å²) in [7, 11) is 1.33. The van der Waals surface area contributed by atoms with Crippen LogP contribution in [0.15, 0.2) is 35.7 Å². The number of benzene rings is 1. The molecule has 0 atom stereocenters. The van der Waals surface area contributed by atoms with Gasteiger partial charge in [0, 0.05) is 5.92 Å². The van der Waals surface area contributed by atoms with Crippen LogP contribution in [0.4, 0.5) is 5.69 Å². The van der Waals surface area contributed by atoms with E-state index in [0.29, 0.717) is 22.1 Å². The Balaban J connectivity index is 1.82. The summed E-state index contributed by atoms with van der Waals surface area (Å²) in [6.45, 7) is 0. The van der Waals surface area contributed by atoms with Crippen LogP contribution in [0.5, 0.6) is 11.5 Å². The number of nitrogens with one attached hydrogen (secondary N) is 1. The first-order valence-electron chi connectivity index (χ1n) is 6.92. The van der Waals surface area contributed by atoms with Gasteiger partial charge >= 0.3 is 5.97 Å². The number of esters is 1. The van der Waals surface area contributed by atoms with Gasteiger partial charge in [-0.3, -0.25) is 4.79 Å². The zero-order valence-corrected chi connectivity index (χ0v) is 12.8. The topological polar surface area (TPSA) is 64.6 Å². The fourth-order valence-corrected chi connectivity index (χ4v) is 2.71. The lowest BCUT2D eigenvalue weighted by Crippen LogP contribution is -2.13. The van der Waals surface area contributed by atoms with Crippen molar-refractivity contribution in [2.24, 2.45) is 5.92 Å². The molecule has 1 aromatic carbocycles. The summed E-state index contributed by atoms with van der Waals surface area (Å²) in [6, 6.07) is 8.87. The summed E-state index contributed by atoms with van der Waals surface area (Å²) >= 11 is 1.25. The second-order valence-electron chi connectivity index (χ2n) is 4.97. The molecule has 114 valence electrons. The summed E-state index contributed by atoms with van der Waals surface area (Å²) in [5, 5.41) is 4.63. The van der Waals surface area contributed by atoms with Crippen LogP contribution in [0.2, 0.25) is 0 Å². The third-order valence-corrected chi connectivity index (χ3v) is 4.19. The predicted octanol–water partition coefficient (Wildman–Crippen LogP) is 3.68. The van der Waals surface area contributed by atoms with Crippen molar-refractivity contribution in [3.05, 3.63) is 40.6 Å². The first-order chi connectivity index (χ1) is 10.7. The van der Waals surface area contributed by atoms with E-state index in [1.807, 2.05) is 12.1 Å². The fourth-order valence-electron chi connectivity index (χ4n) is 1.98. The van der Waals surface area contributed by atoms with Crippen molar-refractivity contribution in [1.29, 1.82) is 0 Å². The SMILES string of the molecule is COC(=O)c1sccc1Oc1ccccc1NC(=O)C1CC1.